The molecule has 4 nitrogen and oxygen atoms in total. The van der Waals surface area contributed by atoms with Crippen LogP contribution in [0.1, 0.15) is 22.6 Å². The van der Waals surface area contributed by atoms with Gasteiger partial charge in [0.1, 0.15) is 0 Å². The van der Waals surface area contributed by atoms with Crippen molar-refractivity contribution in [3.8, 4) is 6.07 Å². The van der Waals surface area contributed by atoms with Gasteiger partial charge < -0.3 is 0 Å². The van der Waals surface area contributed by atoms with Gasteiger partial charge in [-0.2, -0.15) is 5.26 Å². The Hall–Kier alpha value is -2.81. The number of rotatable bonds is 5. The first-order valence-electron chi connectivity index (χ1n) is 8.24. The van der Waals surface area contributed by atoms with Crippen molar-refractivity contribution < 1.29 is 8.42 Å². The van der Waals surface area contributed by atoms with Crippen molar-refractivity contribution in [2.45, 2.75) is 17.7 Å². The first-order chi connectivity index (χ1) is 12.9. The lowest BCUT2D eigenvalue weighted by molar-refractivity contribution is 0.601. The van der Waals surface area contributed by atoms with Crippen LogP contribution in [-0.4, -0.2) is 8.42 Å². The molecule has 6 heteroatoms. The fourth-order valence-corrected chi connectivity index (χ4v) is 4.06. The summed E-state index contributed by atoms with van der Waals surface area (Å²) in [6.45, 7) is 1.89. The van der Waals surface area contributed by atoms with Gasteiger partial charge in [0, 0.05) is 5.02 Å². The molecule has 0 radical (unpaired) electrons. The lowest BCUT2D eigenvalue weighted by Crippen LogP contribution is -2.13. The van der Waals surface area contributed by atoms with Crippen LogP contribution in [0.5, 0.6) is 0 Å². The van der Waals surface area contributed by atoms with Gasteiger partial charge in [-0.25, -0.2) is 8.42 Å². The molecule has 0 saturated carbocycles. The number of nitrogens with one attached hydrogen (secondary N) is 1. The summed E-state index contributed by atoms with van der Waals surface area (Å²) in [6, 6.07) is 23.0. The molecule has 136 valence electrons. The third-order valence-electron chi connectivity index (χ3n) is 4.16. The maximum Gasteiger partial charge on any atom is 0.261 e. The Morgan fingerprint density at radius 1 is 1.00 bits per heavy atom. The van der Waals surface area contributed by atoms with Crippen molar-refractivity contribution in [2.24, 2.45) is 0 Å². The number of hydrogen-bond acceptors (Lipinski definition) is 3. The van der Waals surface area contributed by atoms with Crippen molar-refractivity contribution in [3.05, 3.63) is 94.5 Å². The van der Waals surface area contributed by atoms with Crippen molar-refractivity contribution in [1.29, 1.82) is 5.26 Å². The second-order valence-corrected chi connectivity index (χ2v) is 8.22. The number of aryl methyl sites for hydroxylation is 1. The molecule has 0 saturated heterocycles. The number of sulfonamides is 1. The van der Waals surface area contributed by atoms with E-state index >= 15 is 0 Å². The normalized spacial score (nSPS) is 12.2. The minimum Gasteiger partial charge on any atom is -0.280 e. The van der Waals surface area contributed by atoms with Crippen molar-refractivity contribution in [1.82, 2.24) is 0 Å². The predicted molar refractivity (Wildman–Crippen MR) is 107 cm³/mol. The van der Waals surface area contributed by atoms with E-state index < -0.39 is 15.9 Å². The van der Waals surface area contributed by atoms with Gasteiger partial charge in [-0.3, -0.25) is 4.72 Å². The summed E-state index contributed by atoms with van der Waals surface area (Å²) < 4.78 is 27.6. The number of hydrogen-bond donors (Lipinski definition) is 1. The summed E-state index contributed by atoms with van der Waals surface area (Å²) in [5.74, 6) is -0.526. The van der Waals surface area contributed by atoms with E-state index in [2.05, 4.69) is 10.8 Å². The minimum absolute atomic E-state index is 0.174. The van der Waals surface area contributed by atoms with E-state index in [1.807, 2.05) is 37.3 Å². The number of nitrogens with zero attached hydrogens (tertiary/aromatic N) is 1. The molecule has 0 aromatic heterocycles. The van der Waals surface area contributed by atoms with E-state index in [9.17, 15) is 13.7 Å². The summed E-state index contributed by atoms with van der Waals surface area (Å²) >= 11 is 6.36. The molecule has 0 aliphatic carbocycles. The van der Waals surface area contributed by atoms with Gasteiger partial charge in [0.05, 0.1) is 22.6 Å². The monoisotopic (exact) mass is 396 g/mol. The molecule has 1 unspecified atom stereocenters. The molecule has 0 spiro atoms. The fraction of sp³-hybridized carbons (Fsp3) is 0.0952. The van der Waals surface area contributed by atoms with Crippen molar-refractivity contribution in [3.63, 3.8) is 0 Å². The summed E-state index contributed by atoms with van der Waals surface area (Å²) in [5, 5.41) is 9.89. The van der Waals surface area contributed by atoms with Crippen molar-refractivity contribution in [2.75, 3.05) is 4.72 Å². The average Bonchev–Trinajstić information content (AvgIpc) is 2.65. The van der Waals surface area contributed by atoms with Crippen LogP contribution in [0.4, 0.5) is 5.69 Å². The first-order valence-corrected chi connectivity index (χ1v) is 10.1. The molecular weight excluding hydrogens is 380 g/mol. The van der Waals surface area contributed by atoms with E-state index in [0.29, 0.717) is 16.3 Å². The molecule has 1 N–H and O–H groups in total. The third-order valence-corrected chi connectivity index (χ3v) is 5.88. The van der Waals surface area contributed by atoms with Crippen molar-refractivity contribution >= 4 is 27.3 Å². The van der Waals surface area contributed by atoms with Crippen LogP contribution >= 0.6 is 11.6 Å². The molecule has 0 bridgehead atoms. The topological polar surface area (TPSA) is 70.0 Å². The van der Waals surface area contributed by atoms with Gasteiger partial charge >= 0.3 is 0 Å². The molecule has 0 aliphatic heterocycles. The second kappa shape index (κ2) is 7.83. The summed E-state index contributed by atoms with van der Waals surface area (Å²) in [6.07, 6.45) is 0. The Labute approximate surface area is 164 Å². The molecule has 0 heterocycles. The third kappa shape index (κ3) is 4.30. The van der Waals surface area contributed by atoms with Crippen LogP contribution in [0.25, 0.3) is 0 Å². The molecule has 0 aliphatic rings. The van der Waals surface area contributed by atoms with E-state index in [-0.39, 0.29) is 4.90 Å². The summed E-state index contributed by atoms with van der Waals surface area (Å²) in [4.78, 5) is 0.174. The Morgan fingerprint density at radius 2 is 1.67 bits per heavy atom. The zero-order valence-electron chi connectivity index (χ0n) is 14.6. The van der Waals surface area contributed by atoms with Gasteiger partial charge in [0.2, 0.25) is 0 Å². The van der Waals surface area contributed by atoms with Crippen LogP contribution in [0.3, 0.4) is 0 Å². The van der Waals surface area contributed by atoms with Gasteiger partial charge in [0.25, 0.3) is 10.0 Å². The lowest BCUT2D eigenvalue weighted by atomic mass is 9.92. The van der Waals surface area contributed by atoms with Gasteiger partial charge in [-0.15, -0.1) is 0 Å². The summed E-state index contributed by atoms with van der Waals surface area (Å²) in [7, 11) is -3.71. The highest BCUT2D eigenvalue weighted by Gasteiger charge is 2.19. The molecule has 0 amide bonds. The Morgan fingerprint density at radius 3 is 2.26 bits per heavy atom. The Bertz CT molecular complexity index is 1090. The van der Waals surface area contributed by atoms with E-state index in [1.54, 1.807) is 36.4 Å². The first kappa shape index (κ1) is 19.0. The molecule has 3 aromatic carbocycles. The number of benzene rings is 3. The van der Waals surface area contributed by atoms with E-state index in [4.69, 9.17) is 11.6 Å². The number of halogens is 1. The number of anilines is 1. The zero-order chi connectivity index (χ0) is 19.4. The highest BCUT2D eigenvalue weighted by atomic mass is 35.5. The zero-order valence-corrected chi connectivity index (χ0v) is 16.1. The summed E-state index contributed by atoms with van der Waals surface area (Å²) in [5.41, 5.74) is 2.78. The molecule has 1 atom stereocenters. The molecule has 27 heavy (non-hydrogen) atoms. The largest absolute Gasteiger partial charge is 0.280 e. The van der Waals surface area contributed by atoms with E-state index in [0.717, 1.165) is 11.1 Å². The fourth-order valence-electron chi connectivity index (χ4n) is 2.73. The highest BCUT2D eigenvalue weighted by molar-refractivity contribution is 7.92. The van der Waals surface area contributed by atoms with Gasteiger partial charge in [0.15, 0.2) is 0 Å². The van der Waals surface area contributed by atoms with Gasteiger partial charge in [-0.1, -0.05) is 65.7 Å². The average molecular weight is 397 g/mol. The Balaban J connectivity index is 1.89. The van der Waals surface area contributed by atoms with Crippen LogP contribution in [0.15, 0.2) is 77.7 Å². The van der Waals surface area contributed by atoms with Crippen LogP contribution in [0.2, 0.25) is 5.02 Å². The van der Waals surface area contributed by atoms with Crippen LogP contribution in [-0.2, 0) is 10.0 Å². The van der Waals surface area contributed by atoms with Crippen LogP contribution in [0, 0.1) is 18.3 Å². The molecule has 3 rings (SSSR count). The smallest absolute Gasteiger partial charge is 0.261 e. The quantitative estimate of drug-likeness (QED) is 0.651. The standard InChI is InChI=1S/C21H17ClN2O2S/c1-15-7-10-18(11-8-15)27(25,26)24-17-9-12-19(21(22)13-17)20(14-23)16-5-3-2-4-6-16/h2-13,20,24H,1H3. The lowest BCUT2D eigenvalue weighted by Gasteiger charge is -2.14. The maximum absolute atomic E-state index is 12.5. The number of nitriles is 1. The SMILES string of the molecule is Cc1ccc(S(=O)(=O)Nc2ccc(C(C#N)c3ccccc3)c(Cl)c2)cc1. The van der Waals surface area contributed by atoms with Gasteiger partial charge in [-0.05, 0) is 42.3 Å². The molecular formula is C21H17ClN2O2S. The maximum atomic E-state index is 12.5. The van der Waals surface area contributed by atoms with E-state index in [1.165, 1.54) is 6.07 Å². The predicted octanol–water partition coefficient (Wildman–Crippen LogP) is 5.10. The molecule has 0 fully saturated rings. The highest BCUT2D eigenvalue weighted by Crippen LogP contribution is 2.32. The molecule has 3 aromatic rings. The Kier molecular flexibility index (Phi) is 5.50. The second-order valence-electron chi connectivity index (χ2n) is 6.13. The van der Waals surface area contributed by atoms with Crippen LogP contribution < -0.4 is 4.72 Å². The minimum atomic E-state index is -3.71.